The van der Waals surface area contributed by atoms with Gasteiger partial charge in [-0.3, -0.25) is 0 Å². The maximum absolute atomic E-state index is 5.26. The van der Waals surface area contributed by atoms with E-state index in [0.29, 0.717) is 16.6 Å². The predicted molar refractivity (Wildman–Crippen MR) is 61.5 cm³/mol. The molecule has 0 N–H and O–H groups in total. The Bertz CT molecular complexity index is 448. The molecular formula is C11H11BrN2O. The maximum Gasteiger partial charge on any atom is 0.285 e. The highest BCUT2D eigenvalue weighted by atomic mass is 79.9. The van der Waals surface area contributed by atoms with Crippen molar-refractivity contribution in [3.8, 4) is 11.5 Å². The Hall–Kier alpha value is -1.16. The lowest BCUT2D eigenvalue weighted by molar-refractivity contribution is 0.540. The number of hydrogen-bond acceptors (Lipinski definition) is 3. The topological polar surface area (TPSA) is 38.9 Å². The van der Waals surface area contributed by atoms with Gasteiger partial charge in [0.15, 0.2) is 0 Å². The fourth-order valence-electron chi connectivity index (χ4n) is 1.33. The number of halogens is 1. The van der Waals surface area contributed by atoms with E-state index in [1.54, 1.807) is 0 Å². The molecule has 2 rings (SSSR count). The SMILES string of the molecule is CC(C)c1ccc(-c2nnc(Br)o2)cc1. The van der Waals surface area contributed by atoms with Crippen LogP contribution < -0.4 is 0 Å². The number of aromatic nitrogens is 2. The van der Waals surface area contributed by atoms with Gasteiger partial charge < -0.3 is 4.42 Å². The first-order valence-corrected chi connectivity index (χ1v) is 5.55. The van der Waals surface area contributed by atoms with Gasteiger partial charge in [-0.15, -0.1) is 10.2 Å². The zero-order valence-electron chi connectivity index (χ0n) is 8.57. The third-order valence-corrected chi connectivity index (χ3v) is 2.55. The minimum atomic E-state index is 0.408. The summed E-state index contributed by atoms with van der Waals surface area (Å²) in [4.78, 5) is 0.408. The van der Waals surface area contributed by atoms with Crippen LogP contribution in [0.15, 0.2) is 33.5 Å². The van der Waals surface area contributed by atoms with E-state index in [9.17, 15) is 0 Å². The van der Waals surface area contributed by atoms with Gasteiger partial charge in [0, 0.05) is 21.5 Å². The third kappa shape index (κ3) is 2.26. The first-order chi connectivity index (χ1) is 7.16. The van der Waals surface area contributed by atoms with Gasteiger partial charge in [-0.25, -0.2) is 0 Å². The van der Waals surface area contributed by atoms with Crippen LogP contribution in [0.3, 0.4) is 0 Å². The predicted octanol–water partition coefficient (Wildman–Crippen LogP) is 3.62. The molecule has 0 aliphatic rings. The highest BCUT2D eigenvalue weighted by Crippen LogP contribution is 2.22. The molecule has 0 unspecified atom stereocenters. The molecule has 0 amide bonds. The third-order valence-electron chi connectivity index (χ3n) is 2.22. The van der Waals surface area contributed by atoms with E-state index >= 15 is 0 Å². The molecule has 0 saturated heterocycles. The van der Waals surface area contributed by atoms with E-state index < -0.39 is 0 Å². The minimum absolute atomic E-state index is 0.408. The summed E-state index contributed by atoms with van der Waals surface area (Å²) in [7, 11) is 0. The van der Waals surface area contributed by atoms with Gasteiger partial charge in [0.1, 0.15) is 0 Å². The molecule has 2 aromatic rings. The zero-order chi connectivity index (χ0) is 10.8. The van der Waals surface area contributed by atoms with E-state index in [1.165, 1.54) is 5.56 Å². The molecule has 0 saturated carbocycles. The molecule has 0 spiro atoms. The monoisotopic (exact) mass is 266 g/mol. The molecule has 4 heteroatoms. The second-order valence-corrected chi connectivity index (χ2v) is 4.32. The quantitative estimate of drug-likeness (QED) is 0.834. The average molecular weight is 267 g/mol. The number of nitrogens with zero attached hydrogens (tertiary/aromatic N) is 2. The van der Waals surface area contributed by atoms with Crippen LogP contribution in [0.25, 0.3) is 11.5 Å². The largest absolute Gasteiger partial charge is 0.411 e. The van der Waals surface area contributed by atoms with Crippen molar-refractivity contribution < 1.29 is 4.42 Å². The van der Waals surface area contributed by atoms with Crippen LogP contribution in [0.2, 0.25) is 0 Å². The maximum atomic E-state index is 5.26. The average Bonchev–Trinajstić information content (AvgIpc) is 2.65. The lowest BCUT2D eigenvalue weighted by atomic mass is 10.0. The van der Waals surface area contributed by atoms with Crippen LogP contribution >= 0.6 is 15.9 Å². The Kier molecular flexibility index (Phi) is 2.86. The van der Waals surface area contributed by atoms with Crippen LogP contribution in [-0.4, -0.2) is 10.2 Å². The van der Waals surface area contributed by atoms with Gasteiger partial charge in [-0.1, -0.05) is 26.0 Å². The van der Waals surface area contributed by atoms with Crippen molar-refractivity contribution in [1.82, 2.24) is 10.2 Å². The first-order valence-electron chi connectivity index (χ1n) is 4.76. The smallest absolute Gasteiger partial charge is 0.285 e. The van der Waals surface area contributed by atoms with Gasteiger partial charge in [0.2, 0.25) is 5.89 Å². The van der Waals surface area contributed by atoms with Crippen LogP contribution in [0.4, 0.5) is 0 Å². The molecule has 0 fully saturated rings. The van der Waals surface area contributed by atoms with Gasteiger partial charge in [0.25, 0.3) is 4.80 Å². The normalized spacial score (nSPS) is 10.9. The highest BCUT2D eigenvalue weighted by molar-refractivity contribution is 9.10. The summed E-state index contributed by atoms with van der Waals surface area (Å²) in [5, 5.41) is 7.65. The molecular weight excluding hydrogens is 256 g/mol. The lowest BCUT2D eigenvalue weighted by Gasteiger charge is -2.04. The van der Waals surface area contributed by atoms with E-state index in [1.807, 2.05) is 12.1 Å². The van der Waals surface area contributed by atoms with Crippen molar-refractivity contribution >= 4 is 15.9 Å². The fraction of sp³-hybridized carbons (Fsp3) is 0.273. The second kappa shape index (κ2) is 4.14. The van der Waals surface area contributed by atoms with E-state index in [0.717, 1.165) is 5.56 Å². The number of rotatable bonds is 2. The van der Waals surface area contributed by atoms with Crippen LogP contribution in [0, 0.1) is 0 Å². The molecule has 1 heterocycles. The van der Waals surface area contributed by atoms with Crippen molar-refractivity contribution in [3.63, 3.8) is 0 Å². The highest BCUT2D eigenvalue weighted by Gasteiger charge is 2.06. The lowest BCUT2D eigenvalue weighted by Crippen LogP contribution is -1.86. The summed E-state index contributed by atoms with van der Waals surface area (Å²) in [6.45, 7) is 4.33. The number of benzene rings is 1. The van der Waals surface area contributed by atoms with Gasteiger partial charge in [-0.05, 0) is 23.6 Å². The molecule has 0 bridgehead atoms. The van der Waals surface area contributed by atoms with Crippen molar-refractivity contribution in [2.24, 2.45) is 0 Å². The van der Waals surface area contributed by atoms with E-state index in [-0.39, 0.29) is 0 Å². The summed E-state index contributed by atoms with van der Waals surface area (Å²) < 4.78 is 5.26. The molecule has 0 aliphatic heterocycles. The Balaban J connectivity index is 2.31. The molecule has 15 heavy (non-hydrogen) atoms. The van der Waals surface area contributed by atoms with Crippen molar-refractivity contribution in [1.29, 1.82) is 0 Å². The van der Waals surface area contributed by atoms with Crippen molar-refractivity contribution in [2.45, 2.75) is 19.8 Å². The molecule has 0 aliphatic carbocycles. The first kappa shape index (κ1) is 10.4. The van der Waals surface area contributed by atoms with E-state index in [4.69, 9.17) is 4.42 Å². The Labute approximate surface area is 96.7 Å². The zero-order valence-corrected chi connectivity index (χ0v) is 10.2. The van der Waals surface area contributed by atoms with Gasteiger partial charge in [0.05, 0.1) is 0 Å². The molecule has 1 aromatic heterocycles. The summed E-state index contributed by atoms with van der Waals surface area (Å²) in [6, 6.07) is 8.15. The van der Waals surface area contributed by atoms with Gasteiger partial charge in [-0.2, -0.15) is 0 Å². The van der Waals surface area contributed by atoms with Gasteiger partial charge >= 0.3 is 0 Å². The van der Waals surface area contributed by atoms with Crippen LogP contribution in [-0.2, 0) is 0 Å². The van der Waals surface area contributed by atoms with E-state index in [2.05, 4.69) is 52.1 Å². The fourth-order valence-corrected chi connectivity index (χ4v) is 1.57. The molecule has 0 radical (unpaired) electrons. The second-order valence-electron chi connectivity index (χ2n) is 3.64. The van der Waals surface area contributed by atoms with Crippen LogP contribution in [0.5, 0.6) is 0 Å². The summed E-state index contributed by atoms with van der Waals surface area (Å²) in [6.07, 6.45) is 0. The summed E-state index contributed by atoms with van der Waals surface area (Å²) in [5.41, 5.74) is 2.25. The summed E-state index contributed by atoms with van der Waals surface area (Å²) in [5.74, 6) is 1.07. The Morgan fingerprint density at radius 2 is 1.80 bits per heavy atom. The van der Waals surface area contributed by atoms with Crippen molar-refractivity contribution in [3.05, 3.63) is 34.6 Å². The molecule has 78 valence electrons. The molecule has 0 atom stereocenters. The molecule has 1 aromatic carbocycles. The number of hydrogen-bond donors (Lipinski definition) is 0. The van der Waals surface area contributed by atoms with Crippen molar-refractivity contribution in [2.75, 3.05) is 0 Å². The Morgan fingerprint density at radius 3 is 2.27 bits per heavy atom. The minimum Gasteiger partial charge on any atom is -0.411 e. The Morgan fingerprint density at radius 1 is 1.13 bits per heavy atom. The standard InChI is InChI=1S/C11H11BrN2O/c1-7(2)8-3-5-9(6-4-8)10-13-14-11(12)15-10/h3-7H,1-2H3. The molecule has 3 nitrogen and oxygen atoms in total. The summed E-state index contributed by atoms with van der Waals surface area (Å²) >= 11 is 3.13. The van der Waals surface area contributed by atoms with Crippen LogP contribution in [0.1, 0.15) is 25.3 Å².